The van der Waals surface area contributed by atoms with Crippen LogP contribution in [0.1, 0.15) is 27.2 Å². The molecule has 0 unspecified atom stereocenters. The Morgan fingerprint density at radius 1 is 1.50 bits per heavy atom. The predicted octanol–water partition coefficient (Wildman–Crippen LogP) is 1.98. The zero-order valence-corrected chi connectivity index (χ0v) is 7.15. The molecule has 1 saturated heterocycles. The van der Waals surface area contributed by atoms with E-state index in [0.717, 1.165) is 13.0 Å². The van der Waals surface area contributed by atoms with E-state index in [-0.39, 0.29) is 6.67 Å². The zero-order valence-electron chi connectivity index (χ0n) is 7.15. The van der Waals surface area contributed by atoms with E-state index >= 15 is 0 Å². The van der Waals surface area contributed by atoms with Crippen LogP contribution in [0.15, 0.2) is 0 Å². The van der Waals surface area contributed by atoms with Gasteiger partial charge in [-0.1, -0.05) is 13.8 Å². The molecule has 0 aromatic carbocycles. The van der Waals surface area contributed by atoms with Crippen LogP contribution in [-0.2, 0) is 0 Å². The number of alkyl halides is 1. The summed E-state index contributed by atoms with van der Waals surface area (Å²) in [6, 6.07) is 0.538. The smallest absolute Gasteiger partial charge is 0.0935 e. The monoisotopic (exact) mass is 147 g/mol. The van der Waals surface area contributed by atoms with Gasteiger partial charge in [-0.2, -0.15) is 0 Å². The highest BCUT2D eigenvalue weighted by atomic mass is 19.1. The van der Waals surface area contributed by atoms with Crippen molar-refractivity contribution in [2.75, 3.05) is 13.2 Å². The summed E-state index contributed by atoms with van der Waals surface area (Å²) in [5.41, 5.74) is 0. The van der Waals surface area contributed by atoms with Crippen molar-refractivity contribution in [1.29, 1.82) is 0 Å². The van der Waals surface area contributed by atoms with Gasteiger partial charge >= 0.3 is 0 Å². The minimum Gasteiger partial charge on any atom is -0.314 e. The number of hydrogen-bond donors (Lipinski definition) is 1. The third-order valence-electron chi connectivity index (χ3n) is 1.66. The molecule has 0 saturated carbocycles. The van der Waals surface area contributed by atoms with E-state index in [2.05, 4.69) is 12.2 Å². The molecule has 1 N–H and O–H groups in total. The van der Waals surface area contributed by atoms with Crippen LogP contribution in [0.3, 0.4) is 0 Å². The lowest BCUT2D eigenvalue weighted by Crippen LogP contribution is -2.16. The van der Waals surface area contributed by atoms with E-state index in [9.17, 15) is 4.39 Å². The molecule has 0 aromatic rings. The maximum Gasteiger partial charge on any atom is 0.0935 e. The Bertz CT molecular complexity index is 75.7. The Kier molecular flexibility index (Phi) is 5.60. The van der Waals surface area contributed by atoms with E-state index in [1.165, 1.54) is 0 Å². The summed E-state index contributed by atoms with van der Waals surface area (Å²) < 4.78 is 11.8. The van der Waals surface area contributed by atoms with Crippen LogP contribution < -0.4 is 5.32 Å². The topological polar surface area (TPSA) is 12.0 Å². The molecule has 1 rings (SSSR count). The first-order valence-corrected chi connectivity index (χ1v) is 4.12. The number of hydrogen-bond acceptors (Lipinski definition) is 1. The average Bonchev–Trinajstić information content (AvgIpc) is 2.40. The Hall–Kier alpha value is -0.110. The average molecular weight is 147 g/mol. The summed E-state index contributed by atoms with van der Waals surface area (Å²) in [6.07, 6.45) is 1.01. The first kappa shape index (κ1) is 9.89. The van der Waals surface area contributed by atoms with Crippen LogP contribution in [0, 0.1) is 5.92 Å². The molecule has 1 aliphatic heterocycles. The number of halogens is 1. The molecule has 1 nitrogen and oxygen atoms in total. The second-order valence-electron chi connectivity index (χ2n) is 2.57. The largest absolute Gasteiger partial charge is 0.314 e. The molecule has 2 atom stereocenters. The number of rotatable bonds is 1. The summed E-state index contributed by atoms with van der Waals surface area (Å²) in [7, 11) is 0. The Morgan fingerprint density at radius 3 is 2.30 bits per heavy atom. The van der Waals surface area contributed by atoms with Crippen LogP contribution in [0.2, 0.25) is 0 Å². The normalized spacial score (nSPS) is 31.2. The minimum absolute atomic E-state index is 0.155. The van der Waals surface area contributed by atoms with Crippen molar-refractivity contribution >= 4 is 0 Å². The van der Waals surface area contributed by atoms with Crippen molar-refractivity contribution in [1.82, 2.24) is 5.32 Å². The lowest BCUT2D eigenvalue weighted by molar-refractivity contribution is 0.379. The Labute approximate surface area is 63.0 Å². The molecule has 2 heteroatoms. The van der Waals surface area contributed by atoms with Crippen molar-refractivity contribution in [3.05, 3.63) is 0 Å². The molecular weight excluding hydrogens is 129 g/mol. The van der Waals surface area contributed by atoms with Crippen molar-refractivity contribution in [3.8, 4) is 0 Å². The van der Waals surface area contributed by atoms with Gasteiger partial charge in [0.25, 0.3) is 0 Å². The standard InChI is InChI=1S/C6H12FN.C2H6/c1-5-2-6(3-7)4-8-5;1-2/h5-6,8H,2-4H2,1H3;1-2H3/t5-,6+;/m1./s1. The van der Waals surface area contributed by atoms with E-state index in [1.54, 1.807) is 0 Å². The van der Waals surface area contributed by atoms with Gasteiger partial charge in [-0.25, -0.2) is 0 Å². The maximum absolute atomic E-state index is 11.8. The highest BCUT2D eigenvalue weighted by Gasteiger charge is 2.19. The van der Waals surface area contributed by atoms with Gasteiger partial charge in [0.05, 0.1) is 6.67 Å². The van der Waals surface area contributed by atoms with Gasteiger partial charge in [-0.05, 0) is 13.3 Å². The van der Waals surface area contributed by atoms with Crippen LogP contribution in [-0.4, -0.2) is 19.3 Å². The molecule has 0 spiro atoms. The maximum atomic E-state index is 11.8. The zero-order chi connectivity index (χ0) is 7.98. The van der Waals surface area contributed by atoms with Crippen LogP contribution in [0.25, 0.3) is 0 Å². The van der Waals surface area contributed by atoms with E-state index < -0.39 is 0 Å². The van der Waals surface area contributed by atoms with E-state index in [4.69, 9.17) is 0 Å². The number of nitrogens with one attached hydrogen (secondary N) is 1. The molecule has 0 radical (unpaired) electrons. The fourth-order valence-electron chi connectivity index (χ4n) is 1.15. The van der Waals surface area contributed by atoms with Gasteiger partial charge in [0, 0.05) is 18.5 Å². The Balaban J connectivity index is 0.000000371. The van der Waals surface area contributed by atoms with Crippen molar-refractivity contribution in [2.24, 2.45) is 5.92 Å². The van der Waals surface area contributed by atoms with Gasteiger partial charge in [-0.3, -0.25) is 4.39 Å². The molecule has 0 aromatic heterocycles. The SMILES string of the molecule is CC.C[C@@H]1C[C@@H](CF)CN1. The predicted molar refractivity (Wildman–Crippen MR) is 42.9 cm³/mol. The fourth-order valence-corrected chi connectivity index (χ4v) is 1.15. The van der Waals surface area contributed by atoms with Crippen molar-refractivity contribution in [2.45, 2.75) is 33.2 Å². The summed E-state index contributed by atoms with van der Waals surface area (Å²) in [6.45, 7) is 6.81. The van der Waals surface area contributed by atoms with Crippen molar-refractivity contribution < 1.29 is 4.39 Å². The summed E-state index contributed by atoms with van der Waals surface area (Å²) in [4.78, 5) is 0. The third-order valence-corrected chi connectivity index (χ3v) is 1.66. The van der Waals surface area contributed by atoms with Gasteiger partial charge < -0.3 is 5.32 Å². The molecule has 0 bridgehead atoms. The second kappa shape index (κ2) is 5.66. The van der Waals surface area contributed by atoms with Crippen LogP contribution >= 0.6 is 0 Å². The van der Waals surface area contributed by atoms with Gasteiger partial charge in [0.2, 0.25) is 0 Å². The quantitative estimate of drug-likeness (QED) is 0.598. The third kappa shape index (κ3) is 3.16. The molecule has 62 valence electrons. The van der Waals surface area contributed by atoms with E-state index in [1.807, 2.05) is 13.8 Å². The molecule has 1 aliphatic rings. The highest BCUT2D eigenvalue weighted by Crippen LogP contribution is 2.12. The first-order valence-electron chi connectivity index (χ1n) is 4.12. The Morgan fingerprint density at radius 2 is 2.10 bits per heavy atom. The molecule has 1 fully saturated rings. The lowest BCUT2D eigenvalue weighted by Gasteiger charge is -1.98. The molecule has 0 aliphatic carbocycles. The van der Waals surface area contributed by atoms with Gasteiger partial charge in [0.1, 0.15) is 0 Å². The molecule has 0 amide bonds. The van der Waals surface area contributed by atoms with E-state index in [0.29, 0.717) is 12.0 Å². The molecule has 1 heterocycles. The highest BCUT2D eigenvalue weighted by molar-refractivity contribution is 4.77. The first-order chi connectivity index (χ1) is 4.83. The fraction of sp³-hybridized carbons (Fsp3) is 1.00. The molecular formula is C8H18FN. The van der Waals surface area contributed by atoms with Gasteiger partial charge in [-0.15, -0.1) is 0 Å². The van der Waals surface area contributed by atoms with Gasteiger partial charge in [0.15, 0.2) is 0 Å². The van der Waals surface area contributed by atoms with Crippen LogP contribution in [0.5, 0.6) is 0 Å². The van der Waals surface area contributed by atoms with Crippen molar-refractivity contribution in [3.63, 3.8) is 0 Å². The minimum atomic E-state index is -0.155. The van der Waals surface area contributed by atoms with Crippen LogP contribution in [0.4, 0.5) is 4.39 Å². The molecule has 10 heavy (non-hydrogen) atoms. The second-order valence-corrected chi connectivity index (χ2v) is 2.57. The summed E-state index contributed by atoms with van der Waals surface area (Å²) in [5.74, 6) is 0.296. The lowest BCUT2D eigenvalue weighted by atomic mass is 10.1. The summed E-state index contributed by atoms with van der Waals surface area (Å²) in [5, 5.41) is 3.18. The summed E-state index contributed by atoms with van der Waals surface area (Å²) >= 11 is 0.